The summed E-state index contributed by atoms with van der Waals surface area (Å²) in [4.78, 5) is 0. The van der Waals surface area contributed by atoms with Gasteiger partial charge in [-0.2, -0.15) is 0 Å². The summed E-state index contributed by atoms with van der Waals surface area (Å²) >= 11 is 2.02. The number of hydrogen-bond acceptors (Lipinski definition) is 1. The maximum Gasteiger partial charge on any atom is 0.110 e. The zero-order chi connectivity index (χ0) is 7.90. The topological polar surface area (TPSA) is 9.23 Å². The quantitative estimate of drug-likeness (QED) is 0.660. The molecule has 11 heavy (non-hydrogen) atoms. The minimum Gasteiger partial charge on any atom is -0.304 e. The summed E-state index contributed by atoms with van der Waals surface area (Å²) in [5.74, 6) is 0.569. The van der Waals surface area contributed by atoms with Crippen LogP contribution in [0.1, 0.15) is 19.3 Å². The van der Waals surface area contributed by atoms with Gasteiger partial charge in [0, 0.05) is 5.92 Å². The zero-order valence-electron chi connectivity index (χ0n) is 6.35. The predicted molar refractivity (Wildman–Crippen MR) is 53.5 cm³/mol. The fourth-order valence-electron chi connectivity index (χ4n) is 2.18. The van der Waals surface area contributed by atoms with Crippen molar-refractivity contribution in [3.63, 3.8) is 0 Å². The van der Waals surface area contributed by atoms with Crippen LogP contribution < -0.4 is 0 Å². The Morgan fingerprint density at radius 3 is 3.18 bits per heavy atom. The van der Waals surface area contributed by atoms with Gasteiger partial charge in [-0.1, -0.05) is 18.7 Å². The Kier molecular flexibility index (Phi) is 1.84. The Balaban J connectivity index is 2.32. The van der Waals surface area contributed by atoms with Gasteiger partial charge >= 0.3 is 0 Å². The molecule has 2 rings (SSSR count). The lowest BCUT2D eigenvalue weighted by molar-refractivity contribution is 0.163. The van der Waals surface area contributed by atoms with E-state index in [1.807, 2.05) is 23.0 Å². The minimum absolute atomic E-state index is 0.0254. The molecular weight excluding hydrogens is 251 g/mol. The van der Waals surface area contributed by atoms with Crippen LogP contribution in [0.5, 0.6) is 0 Å². The van der Waals surface area contributed by atoms with E-state index in [-0.39, 0.29) is 5.60 Å². The van der Waals surface area contributed by atoms with E-state index in [1.54, 1.807) is 0 Å². The number of halogens is 1. The van der Waals surface area contributed by atoms with Crippen LogP contribution in [0.2, 0.25) is 0 Å². The van der Waals surface area contributed by atoms with E-state index in [0.717, 1.165) is 6.42 Å². The number of allylic oxidation sites excluding steroid dienone is 1. The standard InChI is InChI=1S/C9H11IO/c1-7-4-6-9(11-10)5-2-3-8(7)9/h4,6,8H,1-3,5H2/t8-,9-/m1/s1. The molecular formula is C9H11IO. The van der Waals surface area contributed by atoms with Crippen molar-refractivity contribution in [2.75, 3.05) is 0 Å². The molecule has 1 fully saturated rings. The molecule has 2 aliphatic carbocycles. The highest BCUT2D eigenvalue weighted by Crippen LogP contribution is 2.48. The second-order valence-corrected chi connectivity index (χ2v) is 3.83. The first-order valence-corrected chi connectivity index (χ1v) is 4.84. The average molecular weight is 262 g/mol. The first-order valence-electron chi connectivity index (χ1n) is 3.96. The SMILES string of the molecule is C=C1C=C[C@]2(OI)CCC[C@H]12. The van der Waals surface area contributed by atoms with Crippen molar-refractivity contribution in [1.82, 2.24) is 0 Å². The van der Waals surface area contributed by atoms with Gasteiger partial charge in [-0.05, 0) is 24.8 Å². The van der Waals surface area contributed by atoms with Gasteiger partial charge in [0.2, 0.25) is 0 Å². The van der Waals surface area contributed by atoms with E-state index >= 15 is 0 Å². The highest BCUT2D eigenvalue weighted by Gasteiger charge is 2.45. The molecule has 0 aromatic heterocycles. The maximum absolute atomic E-state index is 5.52. The summed E-state index contributed by atoms with van der Waals surface area (Å²) in [6.07, 6.45) is 7.98. The minimum atomic E-state index is 0.0254. The van der Waals surface area contributed by atoms with Gasteiger partial charge in [0.05, 0.1) is 0 Å². The number of hydrogen-bond donors (Lipinski definition) is 0. The van der Waals surface area contributed by atoms with Gasteiger partial charge in [0.1, 0.15) is 28.6 Å². The van der Waals surface area contributed by atoms with Crippen molar-refractivity contribution in [2.24, 2.45) is 5.92 Å². The summed E-state index contributed by atoms with van der Waals surface area (Å²) in [5, 5.41) is 0. The highest BCUT2D eigenvalue weighted by molar-refractivity contribution is 14.1. The van der Waals surface area contributed by atoms with E-state index in [4.69, 9.17) is 3.07 Å². The predicted octanol–water partition coefficient (Wildman–Crippen LogP) is 3.02. The van der Waals surface area contributed by atoms with Crippen molar-refractivity contribution in [2.45, 2.75) is 24.9 Å². The monoisotopic (exact) mass is 262 g/mol. The van der Waals surface area contributed by atoms with E-state index in [9.17, 15) is 0 Å². The van der Waals surface area contributed by atoms with Crippen molar-refractivity contribution >= 4 is 23.0 Å². The molecule has 0 amide bonds. The van der Waals surface area contributed by atoms with Crippen molar-refractivity contribution in [3.8, 4) is 0 Å². The van der Waals surface area contributed by atoms with Crippen LogP contribution in [0.3, 0.4) is 0 Å². The molecule has 0 aliphatic heterocycles. The second-order valence-electron chi connectivity index (χ2n) is 3.39. The molecule has 2 atom stereocenters. The molecule has 1 nitrogen and oxygen atoms in total. The highest BCUT2D eigenvalue weighted by atomic mass is 127. The van der Waals surface area contributed by atoms with Crippen molar-refractivity contribution < 1.29 is 3.07 Å². The first-order chi connectivity index (χ1) is 5.28. The molecule has 1 saturated carbocycles. The largest absolute Gasteiger partial charge is 0.304 e. The molecule has 60 valence electrons. The normalized spacial score (nSPS) is 41.5. The molecule has 0 heterocycles. The van der Waals surface area contributed by atoms with Gasteiger partial charge in [-0.3, -0.25) is 0 Å². The molecule has 0 N–H and O–H groups in total. The molecule has 0 aromatic rings. The third-order valence-electron chi connectivity index (χ3n) is 2.82. The summed E-state index contributed by atoms with van der Waals surface area (Å²) < 4.78 is 5.52. The van der Waals surface area contributed by atoms with Gasteiger partial charge in [0.25, 0.3) is 0 Å². The Morgan fingerprint density at radius 2 is 2.55 bits per heavy atom. The van der Waals surface area contributed by atoms with Crippen LogP contribution in [0, 0.1) is 5.92 Å². The lowest BCUT2D eigenvalue weighted by atomic mass is 9.92. The second kappa shape index (κ2) is 2.59. The van der Waals surface area contributed by atoms with Gasteiger partial charge in [0.15, 0.2) is 0 Å². The molecule has 0 bridgehead atoms. The fraction of sp³-hybridized carbons (Fsp3) is 0.556. The van der Waals surface area contributed by atoms with E-state index < -0.39 is 0 Å². The summed E-state index contributed by atoms with van der Waals surface area (Å²) in [6.45, 7) is 4.02. The molecule has 0 aromatic carbocycles. The van der Waals surface area contributed by atoms with E-state index in [2.05, 4.69) is 18.7 Å². The third-order valence-corrected chi connectivity index (χ3v) is 3.64. The number of fused-ring (bicyclic) bond motifs is 1. The molecule has 2 aliphatic rings. The lowest BCUT2D eigenvalue weighted by Gasteiger charge is -2.24. The van der Waals surface area contributed by atoms with Crippen LogP contribution in [-0.2, 0) is 3.07 Å². The lowest BCUT2D eigenvalue weighted by Crippen LogP contribution is -2.27. The van der Waals surface area contributed by atoms with Gasteiger partial charge in [-0.25, -0.2) is 0 Å². The van der Waals surface area contributed by atoms with Crippen LogP contribution >= 0.6 is 23.0 Å². The average Bonchev–Trinajstić information content (AvgIpc) is 2.53. The number of rotatable bonds is 1. The summed E-state index contributed by atoms with van der Waals surface area (Å²) in [7, 11) is 0. The van der Waals surface area contributed by atoms with Crippen LogP contribution in [0.15, 0.2) is 24.3 Å². The molecule has 2 heteroatoms. The summed E-state index contributed by atoms with van der Waals surface area (Å²) in [5.41, 5.74) is 1.27. The Bertz CT molecular complexity index is 222. The van der Waals surface area contributed by atoms with Crippen LogP contribution in [0.25, 0.3) is 0 Å². The van der Waals surface area contributed by atoms with E-state index in [0.29, 0.717) is 5.92 Å². The van der Waals surface area contributed by atoms with Crippen molar-refractivity contribution in [1.29, 1.82) is 0 Å². The summed E-state index contributed by atoms with van der Waals surface area (Å²) in [6, 6.07) is 0. The van der Waals surface area contributed by atoms with E-state index in [1.165, 1.54) is 18.4 Å². The Hall–Kier alpha value is 0.170. The maximum atomic E-state index is 5.52. The fourth-order valence-corrected chi connectivity index (χ4v) is 2.86. The molecule has 0 radical (unpaired) electrons. The molecule has 0 spiro atoms. The Morgan fingerprint density at radius 1 is 1.73 bits per heavy atom. The molecule has 0 unspecified atom stereocenters. The smallest absolute Gasteiger partial charge is 0.110 e. The zero-order valence-corrected chi connectivity index (χ0v) is 8.50. The van der Waals surface area contributed by atoms with Crippen LogP contribution in [-0.4, -0.2) is 5.60 Å². The van der Waals surface area contributed by atoms with Crippen LogP contribution in [0.4, 0.5) is 0 Å². The third kappa shape index (κ3) is 0.991. The Labute approximate surface area is 81.2 Å². The molecule has 0 saturated heterocycles. The van der Waals surface area contributed by atoms with Gasteiger partial charge in [-0.15, -0.1) is 0 Å². The van der Waals surface area contributed by atoms with Gasteiger partial charge < -0.3 is 3.07 Å². The first kappa shape index (κ1) is 7.80. The van der Waals surface area contributed by atoms with Crippen molar-refractivity contribution in [3.05, 3.63) is 24.3 Å².